The number of nitrogens with zero attached hydrogens (tertiary/aromatic N) is 1. The van der Waals surface area contributed by atoms with E-state index in [0.717, 1.165) is 16.5 Å². The summed E-state index contributed by atoms with van der Waals surface area (Å²) in [6, 6.07) is 7.72. The predicted molar refractivity (Wildman–Crippen MR) is 67.3 cm³/mol. The van der Waals surface area contributed by atoms with Crippen molar-refractivity contribution >= 4 is 39.1 Å². The first-order valence-electron chi connectivity index (χ1n) is 5.01. The quantitative estimate of drug-likeness (QED) is 0.673. The Bertz CT molecular complexity index is 497. The first kappa shape index (κ1) is 11.4. The summed E-state index contributed by atoms with van der Waals surface area (Å²) in [5.41, 5.74) is 0.509. The summed E-state index contributed by atoms with van der Waals surface area (Å²) in [5.74, 6) is 0.431. The highest BCUT2D eigenvalue weighted by Crippen LogP contribution is 2.21. The van der Waals surface area contributed by atoms with Gasteiger partial charge in [0, 0.05) is 17.8 Å². The molecule has 0 aliphatic carbocycles. The number of carbonyl (C=O) groups excluding carboxylic acids is 1. The Morgan fingerprint density at radius 1 is 1.44 bits per heavy atom. The number of nitrogens with one attached hydrogen (secondary N) is 1. The number of rotatable bonds is 4. The minimum absolute atomic E-state index is 0.123. The molecule has 0 saturated heterocycles. The molecule has 2 rings (SSSR count). The van der Waals surface area contributed by atoms with Crippen molar-refractivity contribution in [2.75, 3.05) is 12.4 Å². The van der Waals surface area contributed by atoms with Gasteiger partial charge in [-0.2, -0.15) is 4.37 Å². The Balaban J connectivity index is 2.17. The topological polar surface area (TPSA) is 42.0 Å². The lowest BCUT2D eigenvalue weighted by molar-refractivity contribution is 0.0951. The monoisotopic (exact) mass is 254 g/mol. The van der Waals surface area contributed by atoms with Crippen LogP contribution in [0, 0.1) is 0 Å². The van der Waals surface area contributed by atoms with Crippen LogP contribution in [0.15, 0.2) is 24.3 Å². The van der Waals surface area contributed by atoms with Crippen molar-refractivity contribution in [3.63, 3.8) is 0 Å². The van der Waals surface area contributed by atoms with E-state index in [-0.39, 0.29) is 5.91 Å². The summed E-state index contributed by atoms with van der Waals surface area (Å²) in [6.07, 6.45) is 0.773. The molecule has 0 aliphatic heterocycles. The van der Waals surface area contributed by atoms with Gasteiger partial charge in [0.05, 0.1) is 4.70 Å². The number of carbonyl (C=O) groups is 1. The summed E-state index contributed by atoms with van der Waals surface area (Å²) in [7, 11) is 0. The van der Waals surface area contributed by atoms with E-state index >= 15 is 0 Å². The second-order valence-corrected chi connectivity index (χ2v) is 4.51. The fourth-order valence-electron chi connectivity index (χ4n) is 1.40. The van der Waals surface area contributed by atoms with Crippen molar-refractivity contribution < 1.29 is 4.79 Å². The lowest BCUT2D eigenvalue weighted by Crippen LogP contribution is -2.25. The first-order valence-corrected chi connectivity index (χ1v) is 6.32. The molecule has 1 amide bonds. The first-order chi connectivity index (χ1) is 7.83. The third-order valence-electron chi connectivity index (χ3n) is 2.19. The van der Waals surface area contributed by atoms with E-state index in [0.29, 0.717) is 18.1 Å². The number of alkyl halides is 1. The van der Waals surface area contributed by atoms with E-state index in [1.54, 1.807) is 0 Å². The van der Waals surface area contributed by atoms with Gasteiger partial charge in [-0.1, -0.05) is 18.2 Å². The van der Waals surface area contributed by atoms with Crippen LogP contribution in [-0.2, 0) is 0 Å². The molecule has 3 nitrogen and oxygen atoms in total. The smallest absolute Gasteiger partial charge is 0.271 e. The van der Waals surface area contributed by atoms with Crippen LogP contribution in [-0.4, -0.2) is 22.7 Å². The highest BCUT2D eigenvalue weighted by Gasteiger charge is 2.12. The number of fused-ring (bicyclic) bond motifs is 1. The number of hydrogen-bond acceptors (Lipinski definition) is 3. The average molecular weight is 255 g/mol. The summed E-state index contributed by atoms with van der Waals surface area (Å²) < 4.78 is 5.20. The van der Waals surface area contributed by atoms with Crippen molar-refractivity contribution in [3.8, 4) is 0 Å². The van der Waals surface area contributed by atoms with Gasteiger partial charge in [-0.25, -0.2) is 0 Å². The van der Waals surface area contributed by atoms with E-state index in [9.17, 15) is 4.79 Å². The van der Waals surface area contributed by atoms with Gasteiger partial charge < -0.3 is 5.32 Å². The molecular weight excluding hydrogens is 244 g/mol. The Hall–Kier alpha value is -1.13. The number of benzene rings is 1. The molecule has 16 heavy (non-hydrogen) atoms. The van der Waals surface area contributed by atoms with Crippen LogP contribution in [0.3, 0.4) is 0 Å². The maximum absolute atomic E-state index is 11.8. The van der Waals surface area contributed by atoms with Crippen molar-refractivity contribution in [2.24, 2.45) is 0 Å². The average Bonchev–Trinajstić information content (AvgIpc) is 2.73. The van der Waals surface area contributed by atoms with Gasteiger partial charge in [0.15, 0.2) is 0 Å². The largest absolute Gasteiger partial charge is 0.351 e. The molecule has 84 valence electrons. The molecule has 0 bridgehead atoms. The van der Waals surface area contributed by atoms with E-state index in [2.05, 4.69) is 9.69 Å². The molecule has 5 heteroatoms. The van der Waals surface area contributed by atoms with Crippen LogP contribution in [0.1, 0.15) is 16.9 Å². The zero-order valence-electron chi connectivity index (χ0n) is 8.57. The summed E-state index contributed by atoms with van der Waals surface area (Å²) >= 11 is 6.88. The minimum Gasteiger partial charge on any atom is -0.351 e. The minimum atomic E-state index is -0.123. The van der Waals surface area contributed by atoms with Crippen LogP contribution in [0.2, 0.25) is 0 Å². The number of hydrogen-bond donors (Lipinski definition) is 1. The SMILES string of the molecule is O=C(NCCCCl)c1nsc2ccccc12. The van der Waals surface area contributed by atoms with Gasteiger partial charge in [0.1, 0.15) is 5.69 Å². The fourth-order valence-corrected chi connectivity index (χ4v) is 2.31. The van der Waals surface area contributed by atoms with E-state index in [1.807, 2.05) is 24.3 Å². The molecule has 0 fully saturated rings. The lowest BCUT2D eigenvalue weighted by atomic mass is 10.2. The van der Waals surface area contributed by atoms with Gasteiger partial charge in [0.2, 0.25) is 0 Å². The number of aromatic nitrogens is 1. The zero-order valence-corrected chi connectivity index (χ0v) is 10.1. The highest BCUT2D eigenvalue weighted by molar-refractivity contribution is 7.13. The molecule has 0 radical (unpaired) electrons. The van der Waals surface area contributed by atoms with Crippen molar-refractivity contribution in [1.29, 1.82) is 0 Å². The Morgan fingerprint density at radius 2 is 2.25 bits per heavy atom. The third-order valence-corrected chi connectivity index (χ3v) is 3.28. The van der Waals surface area contributed by atoms with Crippen molar-refractivity contribution in [2.45, 2.75) is 6.42 Å². The normalized spacial score (nSPS) is 10.6. The molecular formula is C11H11ClN2OS. The van der Waals surface area contributed by atoms with Crippen molar-refractivity contribution in [1.82, 2.24) is 9.69 Å². The van der Waals surface area contributed by atoms with Gasteiger partial charge in [-0.15, -0.1) is 11.6 Å². The molecule has 1 aromatic carbocycles. The highest BCUT2D eigenvalue weighted by atomic mass is 35.5. The maximum Gasteiger partial charge on any atom is 0.271 e. The summed E-state index contributed by atoms with van der Waals surface area (Å²) in [6.45, 7) is 0.591. The van der Waals surface area contributed by atoms with Crippen LogP contribution in [0.4, 0.5) is 0 Å². The molecule has 0 saturated carbocycles. The molecule has 2 aromatic rings. The second-order valence-electron chi connectivity index (χ2n) is 3.33. The number of amides is 1. The molecule has 0 unspecified atom stereocenters. The standard InChI is InChI=1S/C11H11ClN2OS/c12-6-3-7-13-11(15)10-8-4-1-2-5-9(8)16-14-10/h1-2,4-5H,3,6-7H2,(H,13,15). The third kappa shape index (κ3) is 2.33. The summed E-state index contributed by atoms with van der Waals surface area (Å²) in [5, 5.41) is 3.71. The Morgan fingerprint density at radius 3 is 3.06 bits per heavy atom. The zero-order chi connectivity index (χ0) is 11.4. The van der Waals surface area contributed by atoms with Crippen LogP contribution < -0.4 is 5.32 Å². The molecule has 1 aromatic heterocycles. The van der Waals surface area contributed by atoms with Crippen LogP contribution in [0.25, 0.3) is 10.1 Å². The molecule has 1 N–H and O–H groups in total. The van der Waals surface area contributed by atoms with Crippen molar-refractivity contribution in [3.05, 3.63) is 30.0 Å². The van der Waals surface area contributed by atoms with E-state index < -0.39 is 0 Å². The maximum atomic E-state index is 11.8. The molecule has 0 aliphatic rings. The van der Waals surface area contributed by atoms with Crippen LogP contribution in [0.5, 0.6) is 0 Å². The van der Waals surface area contributed by atoms with Gasteiger partial charge in [-0.3, -0.25) is 4.79 Å². The van der Waals surface area contributed by atoms with Gasteiger partial charge in [0.25, 0.3) is 5.91 Å². The van der Waals surface area contributed by atoms with Crippen LogP contribution >= 0.6 is 23.1 Å². The lowest BCUT2D eigenvalue weighted by Gasteiger charge is -2.01. The Kier molecular flexibility index (Phi) is 3.74. The number of halogens is 1. The van der Waals surface area contributed by atoms with E-state index in [4.69, 9.17) is 11.6 Å². The molecule has 0 atom stereocenters. The van der Waals surface area contributed by atoms with E-state index in [1.165, 1.54) is 11.5 Å². The van der Waals surface area contributed by atoms with Gasteiger partial charge >= 0.3 is 0 Å². The second kappa shape index (κ2) is 5.27. The predicted octanol–water partition coefficient (Wildman–Crippen LogP) is 2.66. The fraction of sp³-hybridized carbons (Fsp3) is 0.273. The van der Waals surface area contributed by atoms with Gasteiger partial charge in [-0.05, 0) is 24.0 Å². The molecule has 0 spiro atoms. The molecule has 1 heterocycles. The Labute approximate surface area is 103 Å². The summed E-state index contributed by atoms with van der Waals surface area (Å²) in [4.78, 5) is 11.8.